The number of amides is 1. The van der Waals surface area contributed by atoms with Crippen LogP contribution < -0.4 is 20.5 Å². The van der Waals surface area contributed by atoms with Crippen molar-refractivity contribution in [1.82, 2.24) is 0 Å². The Balaban J connectivity index is 2.14. The standard InChI is InChI=1S/C19H22N4O3S/c1-13(24)22-16-10-18(26-3)17(25-2)9-15(16)11-21-23-19(20)27-12-14-7-5-4-6-8-14/h4-11H,12H2,1-3H3,(H2,20,23)(H,22,24). The molecule has 7 nitrogen and oxygen atoms in total. The molecule has 2 rings (SSSR count). The van der Waals surface area contributed by atoms with Gasteiger partial charge in [-0.1, -0.05) is 42.1 Å². The summed E-state index contributed by atoms with van der Waals surface area (Å²) in [6.45, 7) is 1.42. The molecule has 1 amide bonds. The van der Waals surface area contributed by atoms with Crippen molar-refractivity contribution in [3.8, 4) is 11.5 Å². The van der Waals surface area contributed by atoms with Gasteiger partial charge in [0.25, 0.3) is 0 Å². The predicted octanol–water partition coefficient (Wildman–Crippen LogP) is 3.24. The van der Waals surface area contributed by atoms with Gasteiger partial charge < -0.3 is 20.5 Å². The van der Waals surface area contributed by atoms with Crippen LogP contribution in [-0.2, 0) is 10.5 Å². The fraction of sp³-hybridized carbons (Fsp3) is 0.211. The van der Waals surface area contributed by atoms with Crippen LogP contribution in [0.25, 0.3) is 0 Å². The number of methoxy groups -OCH3 is 2. The molecular formula is C19H22N4O3S. The number of nitrogens with zero attached hydrogens (tertiary/aromatic N) is 2. The Morgan fingerprint density at radius 2 is 1.85 bits per heavy atom. The van der Waals surface area contributed by atoms with E-state index in [-0.39, 0.29) is 5.91 Å². The highest BCUT2D eigenvalue weighted by Gasteiger charge is 2.11. The van der Waals surface area contributed by atoms with Crippen LogP contribution in [0.5, 0.6) is 11.5 Å². The zero-order valence-electron chi connectivity index (χ0n) is 15.4. The first-order valence-corrected chi connectivity index (χ1v) is 9.09. The van der Waals surface area contributed by atoms with Crippen LogP contribution in [0.3, 0.4) is 0 Å². The van der Waals surface area contributed by atoms with Crippen molar-refractivity contribution in [2.45, 2.75) is 12.7 Å². The maximum atomic E-state index is 11.4. The Morgan fingerprint density at radius 1 is 1.19 bits per heavy atom. The Morgan fingerprint density at radius 3 is 2.48 bits per heavy atom. The minimum Gasteiger partial charge on any atom is -0.493 e. The second-order valence-corrected chi connectivity index (χ2v) is 6.43. The number of carbonyl (C=O) groups is 1. The third-order valence-corrected chi connectivity index (χ3v) is 4.30. The van der Waals surface area contributed by atoms with Crippen LogP contribution in [0.15, 0.2) is 52.7 Å². The van der Waals surface area contributed by atoms with Gasteiger partial charge in [-0.2, -0.15) is 5.10 Å². The molecule has 0 aromatic heterocycles. The van der Waals surface area contributed by atoms with Crippen molar-refractivity contribution in [2.75, 3.05) is 19.5 Å². The second kappa shape index (κ2) is 10.2. The number of hydrogen-bond acceptors (Lipinski definition) is 6. The Bertz CT molecular complexity index is 838. The fourth-order valence-corrected chi connectivity index (χ4v) is 2.82. The fourth-order valence-electron chi connectivity index (χ4n) is 2.21. The molecule has 0 bridgehead atoms. The summed E-state index contributed by atoms with van der Waals surface area (Å²) in [5.41, 5.74) is 8.20. The highest BCUT2D eigenvalue weighted by atomic mass is 32.2. The van der Waals surface area contributed by atoms with E-state index < -0.39 is 0 Å². The molecule has 0 heterocycles. The van der Waals surface area contributed by atoms with Crippen molar-refractivity contribution in [2.24, 2.45) is 15.9 Å². The number of carbonyl (C=O) groups excluding carboxylic acids is 1. The SMILES string of the molecule is COc1cc(C=NN=C(N)SCc2ccccc2)c(NC(C)=O)cc1OC. The molecule has 142 valence electrons. The van der Waals surface area contributed by atoms with E-state index in [1.165, 1.54) is 39.1 Å². The Hall–Kier alpha value is -3.00. The van der Waals surface area contributed by atoms with E-state index in [1.54, 1.807) is 12.1 Å². The summed E-state index contributed by atoms with van der Waals surface area (Å²) in [5, 5.41) is 11.1. The molecule has 0 radical (unpaired) electrons. The quantitative estimate of drug-likeness (QED) is 0.432. The minimum absolute atomic E-state index is 0.210. The van der Waals surface area contributed by atoms with E-state index in [9.17, 15) is 4.79 Å². The van der Waals surface area contributed by atoms with Crippen molar-refractivity contribution >= 4 is 34.7 Å². The predicted molar refractivity (Wildman–Crippen MR) is 111 cm³/mol. The Labute approximate surface area is 162 Å². The zero-order valence-corrected chi connectivity index (χ0v) is 16.2. The molecule has 0 aliphatic rings. The topological polar surface area (TPSA) is 98.3 Å². The summed E-state index contributed by atoms with van der Waals surface area (Å²) in [6.07, 6.45) is 1.50. The third kappa shape index (κ3) is 6.34. The normalized spacial score (nSPS) is 11.4. The number of nitrogens with one attached hydrogen (secondary N) is 1. The van der Waals surface area contributed by atoms with Crippen LogP contribution in [0.4, 0.5) is 5.69 Å². The lowest BCUT2D eigenvalue weighted by Crippen LogP contribution is -2.09. The number of amidine groups is 1. The zero-order chi connectivity index (χ0) is 19.6. The lowest BCUT2D eigenvalue weighted by molar-refractivity contribution is -0.114. The molecule has 0 unspecified atom stereocenters. The molecule has 0 fully saturated rings. The molecule has 0 saturated heterocycles. The molecule has 0 saturated carbocycles. The van der Waals surface area contributed by atoms with E-state index in [4.69, 9.17) is 15.2 Å². The molecule has 8 heteroatoms. The van der Waals surface area contributed by atoms with Gasteiger partial charge in [0, 0.05) is 24.3 Å². The number of rotatable bonds is 7. The number of anilines is 1. The molecule has 0 aliphatic carbocycles. The lowest BCUT2D eigenvalue weighted by atomic mass is 10.1. The first-order chi connectivity index (χ1) is 13.0. The maximum absolute atomic E-state index is 11.4. The first-order valence-electron chi connectivity index (χ1n) is 8.10. The van der Waals surface area contributed by atoms with Gasteiger partial charge in [-0.15, -0.1) is 5.10 Å². The molecule has 0 aliphatic heterocycles. The van der Waals surface area contributed by atoms with Crippen molar-refractivity contribution in [1.29, 1.82) is 0 Å². The summed E-state index contributed by atoms with van der Waals surface area (Å²) in [6, 6.07) is 13.3. The summed E-state index contributed by atoms with van der Waals surface area (Å²) in [4.78, 5) is 11.4. The number of thioether (sulfide) groups is 1. The largest absolute Gasteiger partial charge is 0.493 e. The molecule has 0 spiro atoms. The van der Waals surface area contributed by atoms with E-state index in [1.807, 2.05) is 30.3 Å². The average Bonchev–Trinajstić information content (AvgIpc) is 2.67. The summed E-state index contributed by atoms with van der Waals surface area (Å²) >= 11 is 1.39. The molecular weight excluding hydrogens is 364 g/mol. The van der Waals surface area contributed by atoms with Crippen molar-refractivity contribution in [3.63, 3.8) is 0 Å². The summed E-state index contributed by atoms with van der Waals surface area (Å²) in [5.74, 6) is 1.51. The van der Waals surface area contributed by atoms with Crippen molar-refractivity contribution < 1.29 is 14.3 Å². The Kier molecular flexibility index (Phi) is 7.69. The van der Waals surface area contributed by atoms with Gasteiger partial charge in [0.1, 0.15) is 0 Å². The van der Waals surface area contributed by atoms with Crippen molar-refractivity contribution in [3.05, 3.63) is 53.6 Å². The highest BCUT2D eigenvalue weighted by molar-refractivity contribution is 8.13. The van der Waals surface area contributed by atoms with Crippen LogP contribution in [0.1, 0.15) is 18.1 Å². The van der Waals surface area contributed by atoms with Gasteiger partial charge in [-0.25, -0.2) is 0 Å². The number of ether oxygens (including phenoxy) is 2. The van der Waals surface area contributed by atoms with Gasteiger partial charge in [0.05, 0.1) is 26.1 Å². The van der Waals surface area contributed by atoms with Crippen LogP contribution >= 0.6 is 11.8 Å². The number of nitrogens with two attached hydrogens (primary N) is 1. The molecule has 3 N–H and O–H groups in total. The molecule has 27 heavy (non-hydrogen) atoms. The molecule has 2 aromatic rings. The van der Waals surface area contributed by atoms with Crippen LogP contribution in [-0.4, -0.2) is 31.5 Å². The number of benzene rings is 2. The lowest BCUT2D eigenvalue weighted by Gasteiger charge is -2.12. The van der Waals surface area contributed by atoms with E-state index in [0.29, 0.717) is 33.7 Å². The maximum Gasteiger partial charge on any atom is 0.221 e. The van der Waals surface area contributed by atoms with Gasteiger partial charge in [0.15, 0.2) is 16.7 Å². The van der Waals surface area contributed by atoms with Gasteiger partial charge in [-0.3, -0.25) is 4.79 Å². The molecule has 2 aromatic carbocycles. The van der Waals surface area contributed by atoms with Crippen LogP contribution in [0.2, 0.25) is 0 Å². The summed E-state index contributed by atoms with van der Waals surface area (Å²) in [7, 11) is 3.06. The highest BCUT2D eigenvalue weighted by Crippen LogP contribution is 2.32. The number of hydrogen-bond donors (Lipinski definition) is 2. The summed E-state index contributed by atoms with van der Waals surface area (Å²) < 4.78 is 10.5. The molecule has 0 atom stereocenters. The van der Waals surface area contributed by atoms with E-state index in [0.717, 1.165) is 5.56 Å². The second-order valence-electron chi connectivity index (χ2n) is 5.43. The van der Waals surface area contributed by atoms with Gasteiger partial charge in [-0.05, 0) is 11.6 Å². The van der Waals surface area contributed by atoms with E-state index in [2.05, 4.69) is 15.5 Å². The minimum atomic E-state index is -0.210. The first kappa shape index (κ1) is 20.3. The monoisotopic (exact) mass is 386 g/mol. The van der Waals surface area contributed by atoms with Gasteiger partial charge >= 0.3 is 0 Å². The average molecular weight is 386 g/mol. The van der Waals surface area contributed by atoms with Gasteiger partial charge in [0.2, 0.25) is 5.91 Å². The van der Waals surface area contributed by atoms with E-state index >= 15 is 0 Å². The smallest absolute Gasteiger partial charge is 0.221 e. The van der Waals surface area contributed by atoms with Crippen LogP contribution in [0, 0.1) is 0 Å². The third-order valence-electron chi connectivity index (χ3n) is 3.45.